The molecule has 6 nitrogen and oxygen atoms in total. The van der Waals surface area contributed by atoms with Gasteiger partial charge in [0.1, 0.15) is 5.70 Å². The molecule has 1 aliphatic carbocycles. The fraction of sp³-hybridized carbons (Fsp3) is 0.222. The molecule has 146 valence electrons. The van der Waals surface area contributed by atoms with E-state index in [-0.39, 0.29) is 28.7 Å². The van der Waals surface area contributed by atoms with E-state index in [1.54, 1.807) is 0 Å². The molecule has 3 N–H and O–H groups in total. The highest BCUT2D eigenvalue weighted by Crippen LogP contribution is 2.34. The molecular weight excluding hydrogens is 378 g/mol. The molecular formula is C18H15F4N5O. The third kappa shape index (κ3) is 4.90. The number of amides is 1. The number of hydrogen-bond acceptors (Lipinski definition) is 5. The van der Waals surface area contributed by atoms with Gasteiger partial charge in [-0.05, 0) is 37.1 Å². The summed E-state index contributed by atoms with van der Waals surface area (Å²) in [6, 6.07) is 4.12. The lowest BCUT2D eigenvalue weighted by molar-refractivity contribution is -0.0925. The fourth-order valence-corrected chi connectivity index (χ4v) is 2.28. The van der Waals surface area contributed by atoms with E-state index in [1.165, 1.54) is 30.6 Å². The minimum atomic E-state index is -4.63. The Hall–Kier alpha value is -3.30. The van der Waals surface area contributed by atoms with E-state index in [2.05, 4.69) is 20.3 Å². The second-order valence-corrected chi connectivity index (χ2v) is 6.12. The summed E-state index contributed by atoms with van der Waals surface area (Å²) < 4.78 is 51.5. The summed E-state index contributed by atoms with van der Waals surface area (Å²) in [5.41, 5.74) is 4.15. The molecule has 0 spiro atoms. The Kier molecular flexibility index (Phi) is 5.39. The Morgan fingerprint density at radius 2 is 2.00 bits per heavy atom. The Labute approximate surface area is 157 Å². The van der Waals surface area contributed by atoms with Crippen LogP contribution in [0.4, 0.5) is 29.1 Å². The fourth-order valence-electron chi connectivity index (χ4n) is 2.28. The number of alkyl halides is 3. The monoisotopic (exact) mass is 393 g/mol. The Morgan fingerprint density at radius 3 is 2.57 bits per heavy atom. The van der Waals surface area contributed by atoms with E-state index in [9.17, 15) is 22.4 Å². The van der Waals surface area contributed by atoms with Gasteiger partial charge in [0.25, 0.3) is 5.91 Å². The van der Waals surface area contributed by atoms with E-state index in [4.69, 9.17) is 5.73 Å². The van der Waals surface area contributed by atoms with Crippen LogP contribution in [0.15, 0.2) is 53.6 Å². The molecule has 1 amide bonds. The summed E-state index contributed by atoms with van der Waals surface area (Å²) in [5, 5.41) is 2.47. The Bertz CT molecular complexity index is 934. The van der Waals surface area contributed by atoms with Crippen LogP contribution in [0.3, 0.4) is 0 Å². The van der Waals surface area contributed by atoms with Crippen LogP contribution in [0.1, 0.15) is 23.2 Å². The van der Waals surface area contributed by atoms with Gasteiger partial charge in [0.15, 0.2) is 11.6 Å². The van der Waals surface area contributed by atoms with Gasteiger partial charge in [-0.3, -0.25) is 9.78 Å². The molecule has 1 fully saturated rings. The van der Waals surface area contributed by atoms with Crippen molar-refractivity contribution in [1.29, 1.82) is 0 Å². The van der Waals surface area contributed by atoms with Crippen molar-refractivity contribution in [1.82, 2.24) is 9.97 Å². The zero-order valence-corrected chi connectivity index (χ0v) is 14.4. The number of nitrogens with two attached hydrogens (primary N) is 1. The molecule has 3 rings (SSSR count). The first kappa shape index (κ1) is 19.5. The van der Waals surface area contributed by atoms with E-state index >= 15 is 0 Å². The number of carbonyl (C=O) groups excluding carboxylic acids is 1. The predicted octanol–water partition coefficient (Wildman–Crippen LogP) is 3.76. The molecule has 1 saturated carbocycles. The maximum Gasteiger partial charge on any atom is 0.430 e. The predicted molar refractivity (Wildman–Crippen MR) is 94.5 cm³/mol. The number of allylic oxidation sites excluding steroid dienone is 2. The molecule has 0 atom stereocenters. The van der Waals surface area contributed by atoms with Crippen molar-refractivity contribution < 1.29 is 22.4 Å². The van der Waals surface area contributed by atoms with Crippen molar-refractivity contribution >= 4 is 23.1 Å². The lowest BCUT2D eigenvalue weighted by Crippen LogP contribution is -2.21. The van der Waals surface area contributed by atoms with Crippen LogP contribution in [0.5, 0.6) is 0 Å². The van der Waals surface area contributed by atoms with Crippen LogP contribution >= 0.6 is 0 Å². The summed E-state index contributed by atoms with van der Waals surface area (Å²) in [6.07, 6.45) is 1.13. The maximum atomic E-state index is 13.6. The second kappa shape index (κ2) is 7.75. The quantitative estimate of drug-likeness (QED) is 0.598. The SMILES string of the molecule is NC(=CC(=Nc1ccc(NC(=O)c2ccncc2F)cn1)C1CC1)C(F)(F)F. The highest BCUT2D eigenvalue weighted by molar-refractivity contribution is 6.04. The van der Waals surface area contributed by atoms with Crippen LogP contribution in [-0.4, -0.2) is 27.8 Å². The summed E-state index contributed by atoms with van der Waals surface area (Å²) >= 11 is 0. The van der Waals surface area contributed by atoms with Crippen LogP contribution in [0.25, 0.3) is 0 Å². The zero-order chi connectivity index (χ0) is 20.3. The molecule has 28 heavy (non-hydrogen) atoms. The van der Waals surface area contributed by atoms with Gasteiger partial charge in [-0.15, -0.1) is 0 Å². The molecule has 1 aliphatic rings. The van der Waals surface area contributed by atoms with Crippen molar-refractivity contribution in [2.24, 2.45) is 16.6 Å². The highest BCUT2D eigenvalue weighted by Gasteiger charge is 2.34. The molecule has 0 bridgehead atoms. The first-order valence-corrected chi connectivity index (χ1v) is 8.24. The summed E-state index contributed by atoms with van der Waals surface area (Å²) in [7, 11) is 0. The summed E-state index contributed by atoms with van der Waals surface area (Å²) in [5.74, 6) is -1.37. The number of carbonyl (C=O) groups is 1. The van der Waals surface area contributed by atoms with Gasteiger partial charge in [-0.1, -0.05) is 0 Å². The summed E-state index contributed by atoms with van der Waals surface area (Å²) in [6.45, 7) is 0. The van der Waals surface area contributed by atoms with Crippen molar-refractivity contribution in [2.45, 2.75) is 19.0 Å². The van der Waals surface area contributed by atoms with Crippen LogP contribution in [0, 0.1) is 11.7 Å². The molecule has 10 heteroatoms. The number of aromatic nitrogens is 2. The number of hydrogen-bond donors (Lipinski definition) is 2. The average Bonchev–Trinajstić information content (AvgIpc) is 3.47. The van der Waals surface area contributed by atoms with Crippen molar-refractivity contribution in [3.05, 3.63) is 59.9 Å². The van der Waals surface area contributed by atoms with Gasteiger partial charge in [0, 0.05) is 17.8 Å². The minimum absolute atomic E-state index is 0.0863. The van der Waals surface area contributed by atoms with E-state index < -0.39 is 23.6 Å². The molecule has 0 unspecified atom stereocenters. The van der Waals surface area contributed by atoms with Crippen LogP contribution < -0.4 is 11.1 Å². The number of aliphatic imine (C=N–C) groups is 1. The number of pyridine rings is 2. The van der Waals surface area contributed by atoms with Crippen molar-refractivity contribution in [3.8, 4) is 0 Å². The van der Waals surface area contributed by atoms with Gasteiger partial charge in [-0.25, -0.2) is 14.4 Å². The smallest absolute Gasteiger partial charge is 0.395 e. The van der Waals surface area contributed by atoms with E-state index in [0.29, 0.717) is 0 Å². The topological polar surface area (TPSA) is 93.3 Å². The number of anilines is 1. The molecule has 0 aromatic carbocycles. The maximum absolute atomic E-state index is 13.6. The zero-order valence-electron chi connectivity index (χ0n) is 14.4. The Morgan fingerprint density at radius 1 is 1.25 bits per heavy atom. The lowest BCUT2D eigenvalue weighted by atomic mass is 10.2. The standard InChI is InChI=1S/C18H15F4N5O/c19-13-9-24-6-5-12(13)17(28)26-11-3-4-16(25-8-11)27-14(10-1-2-10)7-15(23)18(20,21)22/h3-10H,1-2,23H2,(H,26,28). The van der Waals surface area contributed by atoms with Gasteiger partial charge in [0.2, 0.25) is 0 Å². The highest BCUT2D eigenvalue weighted by atomic mass is 19.4. The van der Waals surface area contributed by atoms with Gasteiger partial charge < -0.3 is 11.1 Å². The molecule has 0 saturated heterocycles. The van der Waals surface area contributed by atoms with Gasteiger partial charge in [0.05, 0.1) is 23.6 Å². The molecule has 2 aromatic rings. The number of nitrogens with zero attached hydrogens (tertiary/aromatic N) is 3. The molecule has 0 aliphatic heterocycles. The number of rotatable bonds is 5. The van der Waals surface area contributed by atoms with Gasteiger partial charge in [-0.2, -0.15) is 13.2 Å². The average molecular weight is 393 g/mol. The lowest BCUT2D eigenvalue weighted by Gasteiger charge is -2.08. The third-order valence-electron chi connectivity index (χ3n) is 3.89. The van der Waals surface area contributed by atoms with Crippen LogP contribution in [0.2, 0.25) is 0 Å². The Balaban J connectivity index is 1.75. The van der Waals surface area contributed by atoms with Gasteiger partial charge >= 0.3 is 6.18 Å². The van der Waals surface area contributed by atoms with Crippen molar-refractivity contribution in [2.75, 3.05) is 5.32 Å². The normalized spacial score (nSPS) is 15.4. The minimum Gasteiger partial charge on any atom is -0.395 e. The van der Waals surface area contributed by atoms with E-state index in [0.717, 1.165) is 25.1 Å². The third-order valence-corrected chi connectivity index (χ3v) is 3.89. The molecule has 2 heterocycles. The largest absolute Gasteiger partial charge is 0.430 e. The van der Waals surface area contributed by atoms with Crippen LogP contribution in [-0.2, 0) is 0 Å². The molecule has 2 aromatic heterocycles. The number of halogens is 4. The first-order chi connectivity index (χ1) is 13.2. The van der Waals surface area contributed by atoms with E-state index in [1.807, 2.05) is 0 Å². The molecule has 0 radical (unpaired) electrons. The first-order valence-electron chi connectivity index (χ1n) is 8.24. The second-order valence-electron chi connectivity index (χ2n) is 6.12. The summed E-state index contributed by atoms with van der Waals surface area (Å²) in [4.78, 5) is 23.8. The van der Waals surface area contributed by atoms with Crippen molar-refractivity contribution in [3.63, 3.8) is 0 Å². The number of nitrogens with one attached hydrogen (secondary N) is 1.